The van der Waals surface area contributed by atoms with Crippen LogP contribution in [0.15, 0.2) is 18.2 Å². The number of halogens is 1. The first kappa shape index (κ1) is 21.2. The minimum Gasteiger partial charge on any atom is -0.465 e. The summed E-state index contributed by atoms with van der Waals surface area (Å²) in [5.74, 6) is -1.07. The van der Waals surface area contributed by atoms with E-state index in [0.29, 0.717) is 6.54 Å². The van der Waals surface area contributed by atoms with Crippen LogP contribution in [0.1, 0.15) is 36.5 Å². The lowest BCUT2D eigenvalue weighted by Crippen LogP contribution is -2.40. The van der Waals surface area contributed by atoms with Crippen molar-refractivity contribution in [2.24, 2.45) is 0 Å². The highest BCUT2D eigenvalue weighted by Crippen LogP contribution is 2.29. The molecule has 0 aliphatic carbocycles. The molecule has 0 saturated heterocycles. The summed E-state index contributed by atoms with van der Waals surface area (Å²) in [7, 11) is -2.57. The van der Waals surface area contributed by atoms with E-state index in [1.54, 1.807) is 0 Å². The van der Waals surface area contributed by atoms with E-state index >= 15 is 0 Å². The summed E-state index contributed by atoms with van der Waals surface area (Å²) >= 11 is 6.08. The van der Waals surface area contributed by atoms with E-state index in [9.17, 15) is 18.0 Å². The van der Waals surface area contributed by atoms with Gasteiger partial charge in [-0.15, -0.1) is 0 Å². The van der Waals surface area contributed by atoms with Gasteiger partial charge in [0.15, 0.2) is 0 Å². The number of rotatable bonds is 9. The zero-order valence-corrected chi connectivity index (χ0v) is 16.1. The molecule has 0 aromatic heterocycles. The van der Waals surface area contributed by atoms with Gasteiger partial charge in [0.05, 0.1) is 29.6 Å². The average molecular weight is 391 g/mol. The predicted octanol–water partition coefficient (Wildman–Crippen LogP) is 2.20. The van der Waals surface area contributed by atoms with Crippen LogP contribution in [0.4, 0.5) is 5.69 Å². The van der Waals surface area contributed by atoms with E-state index in [1.807, 2.05) is 6.92 Å². The highest BCUT2D eigenvalue weighted by atomic mass is 35.5. The number of ether oxygens (including phenoxy) is 1. The van der Waals surface area contributed by atoms with Crippen molar-refractivity contribution >= 4 is 39.2 Å². The molecule has 1 aromatic rings. The number of nitrogens with one attached hydrogen (secondary N) is 1. The number of carbonyl (C=O) groups excluding carboxylic acids is 2. The van der Waals surface area contributed by atoms with Crippen molar-refractivity contribution in [1.82, 2.24) is 5.32 Å². The first-order valence-electron chi connectivity index (χ1n) is 7.83. The number of benzene rings is 1. The number of carbonyl (C=O) groups is 2. The number of sulfonamides is 1. The quantitative estimate of drug-likeness (QED) is 0.515. The molecule has 0 heterocycles. The zero-order chi connectivity index (χ0) is 19.0. The number of esters is 1. The van der Waals surface area contributed by atoms with Crippen molar-refractivity contribution in [3.63, 3.8) is 0 Å². The average Bonchev–Trinajstić information content (AvgIpc) is 2.55. The Labute approximate surface area is 153 Å². The molecule has 0 unspecified atom stereocenters. The molecule has 0 fully saturated rings. The summed E-state index contributed by atoms with van der Waals surface area (Å²) in [5, 5.41) is 2.79. The van der Waals surface area contributed by atoms with Crippen LogP contribution in [0.25, 0.3) is 0 Å². The van der Waals surface area contributed by atoms with E-state index in [0.717, 1.165) is 29.8 Å². The second-order valence-corrected chi connectivity index (χ2v) is 7.80. The number of anilines is 1. The van der Waals surface area contributed by atoms with Gasteiger partial charge in [0, 0.05) is 6.54 Å². The topological polar surface area (TPSA) is 92.8 Å². The Balaban J connectivity index is 3.04. The lowest BCUT2D eigenvalue weighted by Gasteiger charge is -2.23. The molecule has 0 atom stereocenters. The van der Waals surface area contributed by atoms with E-state index in [1.165, 1.54) is 25.3 Å². The smallest absolute Gasteiger partial charge is 0.337 e. The molecular weight excluding hydrogens is 368 g/mol. The van der Waals surface area contributed by atoms with Crippen LogP contribution in [-0.2, 0) is 19.6 Å². The number of hydrogen-bond donors (Lipinski definition) is 1. The van der Waals surface area contributed by atoms with Gasteiger partial charge in [0.2, 0.25) is 15.9 Å². The highest BCUT2D eigenvalue weighted by Gasteiger charge is 2.24. The number of hydrogen-bond acceptors (Lipinski definition) is 5. The summed E-state index contributed by atoms with van der Waals surface area (Å²) in [6, 6.07) is 4.10. The molecule has 25 heavy (non-hydrogen) atoms. The molecule has 9 heteroatoms. The molecule has 0 radical (unpaired) electrons. The molecule has 140 valence electrons. The van der Waals surface area contributed by atoms with E-state index in [4.69, 9.17) is 11.6 Å². The second-order valence-electron chi connectivity index (χ2n) is 5.48. The van der Waals surface area contributed by atoms with Crippen molar-refractivity contribution in [1.29, 1.82) is 0 Å². The first-order valence-corrected chi connectivity index (χ1v) is 10.1. The van der Waals surface area contributed by atoms with Gasteiger partial charge < -0.3 is 10.1 Å². The molecule has 1 amide bonds. The Hall–Kier alpha value is -1.80. The molecule has 1 aromatic carbocycles. The summed E-state index contributed by atoms with van der Waals surface area (Å²) in [6.45, 7) is 2.10. The number of unbranched alkanes of at least 4 members (excludes halogenated alkanes) is 2. The third kappa shape index (κ3) is 6.55. The highest BCUT2D eigenvalue weighted by molar-refractivity contribution is 7.92. The van der Waals surface area contributed by atoms with Gasteiger partial charge in [0.25, 0.3) is 0 Å². The van der Waals surface area contributed by atoms with Gasteiger partial charge in [-0.25, -0.2) is 13.2 Å². The van der Waals surface area contributed by atoms with Crippen molar-refractivity contribution in [3.8, 4) is 0 Å². The summed E-state index contributed by atoms with van der Waals surface area (Å²) < 4.78 is 29.7. The summed E-state index contributed by atoms with van der Waals surface area (Å²) in [6.07, 6.45) is 3.78. The Morgan fingerprint density at radius 3 is 2.52 bits per heavy atom. The van der Waals surface area contributed by atoms with Crippen LogP contribution in [0.2, 0.25) is 5.02 Å². The Bertz CT molecular complexity index is 721. The predicted molar refractivity (Wildman–Crippen MR) is 97.5 cm³/mol. The van der Waals surface area contributed by atoms with Crippen LogP contribution in [0.3, 0.4) is 0 Å². The van der Waals surface area contributed by atoms with Gasteiger partial charge in [-0.05, 0) is 24.6 Å². The summed E-state index contributed by atoms with van der Waals surface area (Å²) in [5.41, 5.74) is 0.190. The molecule has 0 aliphatic rings. The Kier molecular flexibility index (Phi) is 8.18. The number of amides is 1. The molecule has 0 aliphatic heterocycles. The lowest BCUT2D eigenvalue weighted by molar-refractivity contribution is -0.119. The van der Waals surface area contributed by atoms with Gasteiger partial charge in [-0.2, -0.15) is 0 Å². The fraction of sp³-hybridized carbons (Fsp3) is 0.500. The van der Waals surface area contributed by atoms with Gasteiger partial charge in [-0.3, -0.25) is 9.10 Å². The third-order valence-corrected chi connectivity index (χ3v) is 4.87. The number of nitrogens with zero attached hydrogens (tertiary/aromatic N) is 1. The SMILES string of the molecule is CCCCCNC(=O)CN(c1cc(C(=O)OC)ccc1Cl)S(C)(=O)=O. The van der Waals surface area contributed by atoms with Crippen LogP contribution in [-0.4, -0.2) is 46.7 Å². The van der Waals surface area contributed by atoms with E-state index in [-0.39, 0.29) is 16.3 Å². The Morgan fingerprint density at radius 2 is 1.96 bits per heavy atom. The molecule has 0 spiro atoms. The minimum absolute atomic E-state index is 0.0516. The van der Waals surface area contributed by atoms with Crippen molar-refractivity contribution in [3.05, 3.63) is 28.8 Å². The molecular formula is C16H23ClN2O5S. The van der Waals surface area contributed by atoms with Crippen LogP contribution < -0.4 is 9.62 Å². The second kappa shape index (κ2) is 9.62. The largest absolute Gasteiger partial charge is 0.465 e. The van der Waals surface area contributed by atoms with Gasteiger partial charge in [-0.1, -0.05) is 31.4 Å². The Morgan fingerprint density at radius 1 is 1.28 bits per heavy atom. The van der Waals surface area contributed by atoms with E-state index in [2.05, 4.69) is 10.1 Å². The van der Waals surface area contributed by atoms with Crippen molar-refractivity contribution < 1.29 is 22.7 Å². The molecule has 1 rings (SSSR count). The standard InChI is InChI=1S/C16H23ClN2O5S/c1-4-5-6-9-18-15(20)11-19(25(3,22)23)14-10-12(16(21)24-2)7-8-13(14)17/h7-8,10H,4-6,9,11H2,1-3H3,(H,18,20). The van der Waals surface area contributed by atoms with Crippen molar-refractivity contribution in [2.75, 3.05) is 30.8 Å². The van der Waals surface area contributed by atoms with Gasteiger partial charge in [0.1, 0.15) is 6.54 Å². The minimum atomic E-state index is -3.78. The van der Waals surface area contributed by atoms with E-state index < -0.39 is 28.4 Å². The zero-order valence-electron chi connectivity index (χ0n) is 14.5. The number of methoxy groups -OCH3 is 1. The fourth-order valence-electron chi connectivity index (χ4n) is 2.12. The molecule has 0 saturated carbocycles. The first-order chi connectivity index (χ1) is 11.7. The maximum Gasteiger partial charge on any atom is 0.337 e. The van der Waals surface area contributed by atoms with Crippen LogP contribution >= 0.6 is 11.6 Å². The van der Waals surface area contributed by atoms with Crippen LogP contribution in [0, 0.1) is 0 Å². The van der Waals surface area contributed by atoms with Crippen molar-refractivity contribution in [2.45, 2.75) is 26.2 Å². The molecule has 7 nitrogen and oxygen atoms in total. The molecule has 1 N–H and O–H groups in total. The maximum absolute atomic E-state index is 12.1. The monoisotopic (exact) mass is 390 g/mol. The maximum atomic E-state index is 12.1. The fourth-order valence-corrected chi connectivity index (χ4v) is 3.25. The third-order valence-electron chi connectivity index (χ3n) is 3.43. The summed E-state index contributed by atoms with van der Waals surface area (Å²) in [4.78, 5) is 23.7. The normalized spacial score (nSPS) is 11.0. The van der Waals surface area contributed by atoms with Crippen LogP contribution in [0.5, 0.6) is 0 Å². The lowest BCUT2D eigenvalue weighted by atomic mass is 10.2. The van der Waals surface area contributed by atoms with Gasteiger partial charge >= 0.3 is 5.97 Å². The molecule has 0 bridgehead atoms.